The summed E-state index contributed by atoms with van der Waals surface area (Å²) in [5.74, 6) is -1.54. The summed E-state index contributed by atoms with van der Waals surface area (Å²) in [4.78, 5) is 26.5. The van der Waals surface area contributed by atoms with Crippen LogP contribution >= 0.6 is 23.2 Å². The molecule has 0 fully saturated rings. The molecule has 0 saturated carbocycles. The number of hydrogen-bond acceptors (Lipinski definition) is 5. The molecule has 1 rings (SSSR count). The van der Waals surface area contributed by atoms with E-state index in [1.807, 2.05) is 0 Å². The minimum absolute atomic E-state index is 0.0155. The van der Waals surface area contributed by atoms with Crippen molar-refractivity contribution in [3.05, 3.63) is 29.6 Å². The van der Waals surface area contributed by atoms with Crippen LogP contribution < -0.4 is 0 Å². The molecule has 0 N–H and O–H groups in total. The molecule has 0 amide bonds. The molecule has 0 atom stereocenters. The van der Waals surface area contributed by atoms with Gasteiger partial charge in [0.2, 0.25) is 0 Å². The molecule has 7 heteroatoms. The number of carbonyl (C=O) groups excluding carboxylic acids is 2. The van der Waals surface area contributed by atoms with Crippen LogP contribution in [0.2, 0.25) is 0 Å². The predicted octanol–water partition coefficient (Wildman–Crippen LogP) is 1.79. The normalized spacial score (nSPS) is 9.62. The van der Waals surface area contributed by atoms with Gasteiger partial charge >= 0.3 is 11.9 Å². The third kappa shape index (κ3) is 3.08. The van der Waals surface area contributed by atoms with Crippen molar-refractivity contribution in [2.24, 2.45) is 0 Å². The quantitative estimate of drug-likeness (QED) is 0.612. The Morgan fingerprint density at radius 1 is 1.19 bits per heavy atom. The number of ether oxygens (including phenoxy) is 2. The van der Waals surface area contributed by atoms with Crippen molar-refractivity contribution < 1.29 is 19.1 Å². The molecule has 0 aromatic carbocycles. The zero-order chi connectivity index (χ0) is 12.0. The lowest BCUT2D eigenvalue weighted by atomic mass is 10.2. The molecule has 1 aromatic heterocycles. The summed E-state index contributed by atoms with van der Waals surface area (Å²) in [6, 6.07) is 2.24. The van der Waals surface area contributed by atoms with Crippen LogP contribution in [0.4, 0.5) is 0 Å². The van der Waals surface area contributed by atoms with Crippen molar-refractivity contribution in [3.8, 4) is 0 Å². The largest absolute Gasteiger partial charge is 0.446 e. The fraction of sp³-hybridized carbons (Fsp3) is 0.222. The summed E-state index contributed by atoms with van der Waals surface area (Å²) in [6.07, 6.45) is 1.35. The van der Waals surface area contributed by atoms with Crippen LogP contribution in [0.1, 0.15) is 20.8 Å². The van der Waals surface area contributed by atoms with E-state index in [2.05, 4.69) is 14.5 Å². The number of alkyl halides is 2. The van der Waals surface area contributed by atoms with E-state index in [1.54, 1.807) is 0 Å². The molecule has 0 saturated heterocycles. The molecular weight excluding hydrogens is 257 g/mol. The average molecular weight is 264 g/mol. The molecule has 1 heterocycles. The Morgan fingerprint density at radius 2 is 1.81 bits per heavy atom. The number of aromatic nitrogens is 1. The van der Waals surface area contributed by atoms with Gasteiger partial charge in [-0.2, -0.15) is 0 Å². The number of esters is 2. The Kier molecular flexibility index (Phi) is 5.01. The van der Waals surface area contributed by atoms with Crippen LogP contribution in [0.15, 0.2) is 18.3 Å². The van der Waals surface area contributed by atoms with Crippen LogP contribution in [0, 0.1) is 0 Å². The Balaban J connectivity index is 3.00. The van der Waals surface area contributed by atoms with Gasteiger partial charge in [-0.15, -0.1) is 0 Å². The lowest BCUT2D eigenvalue weighted by molar-refractivity contribution is 0.0522. The summed E-state index contributed by atoms with van der Waals surface area (Å²) in [6.45, 7) is 0. The lowest BCUT2D eigenvalue weighted by Gasteiger charge is -2.05. The van der Waals surface area contributed by atoms with E-state index in [1.165, 1.54) is 18.3 Å². The number of pyridine rings is 1. The fourth-order valence-corrected chi connectivity index (χ4v) is 1.18. The zero-order valence-electron chi connectivity index (χ0n) is 7.98. The van der Waals surface area contributed by atoms with Gasteiger partial charge in [0.05, 0.1) is 5.56 Å². The van der Waals surface area contributed by atoms with Crippen LogP contribution in [-0.4, -0.2) is 29.1 Å². The third-order valence-corrected chi connectivity index (χ3v) is 1.81. The van der Waals surface area contributed by atoms with Gasteiger partial charge < -0.3 is 9.47 Å². The van der Waals surface area contributed by atoms with Crippen molar-refractivity contribution in [2.75, 3.05) is 12.1 Å². The molecule has 0 radical (unpaired) electrons. The summed E-state index contributed by atoms with van der Waals surface area (Å²) in [5.41, 5.74) is -0.170. The summed E-state index contributed by atoms with van der Waals surface area (Å²) in [7, 11) is 0. The average Bonchev–Trinajstić information content (AvgIpc) is 2.30. The molecule has 0 bridgehead atoms. The second-order valence-corrected chi connectivity index (χ2v) is 2.92. The highest BCUT2D eigenvalue weighted by Crippen LogP contribution is 2.09. The molecule has 86 valence electrons. The fourth-order valence-electron chi connectivity index (χ4n) is 0.978. The number of halogens is 2. The van der Waals surface area contributed by atoms with Gasteiger partial charge in [0.15, 0.2) is 17.8 Å². The van der Waals surface area contributed by atoms with Gasteiger partial charge in [0.25, 0.3) is 0 Å². The molecule has 0 unspecified atom stereocenters. The van der Waals surface area contributed by atoms with E-state index in [-0.39, 0.29) is 23.4 Å². The van der Waals surface area contributed by atoms with Crippen LogP contribution in [0.5, 0.6) is 0 Å². The first kappa shape index (κ1) is 12.7. The smallest absolute Gasteiger partial charge is 0.359 e. The molecule has 0 spiro atoms. The first-order valence-electron chi connectivity index (χ1n) is 4.12. The van der Waals surface area contributed by atoms with Crippen LogP contribution in [0.3, 0.4) is 0 Å². The van der Waals surface area contributed by atoms with Gasteiger partial charge in [-0.25, -0.2) is 14.6 Å². The lowest BCUT2D eigenvalue weighted by Crippen LogP contribution is -2.15. The van der Waals surface area contributed by atoms with Crippen molar-refractivity contribution in [3.63, 3.8) is 0 Å². The molecular formula is C9H7Cl2NO4. The maximum atomic E-state index is 11.4. The Morgan fingerprint density at radius 3 is 2.44 bits per heavy atom. The number of rotatable bonds is 4. The van der Waals surface area contributed by atoms with Gasteiger partial charge in [-0.3, -0.25) is 0 Å². The van der Waals surface area contributed by atoms with E-state index in [4.69, 9.17) is 23.2 Å². The highest BCUT2D eigenvalue weighted by atomic mass is 35.5. The highest BCUT2D eigenvalue weighted by Gasteiger charge is 2.20. The SMILES string of the molecule is O=C(OCCl)c1cccnc1C(=O)OCCl. The maximum Gasteiger partial charge on any atom is 0.359 e. The number of nitrogens with zero attached hydrogens (tertiary/aromatic N) is 1. The van der Waals surface area contributed by atoms with Gasteiger partial charge in [-0.1, -0.05) is 23.2 Å². The molecule has 0 aliphatic heterocycles. The van der Waals surface area contributed by atoms with E-state index in [0.717, 1.165) is 0 Å². The van der Waals surface area contributed by atoms with Crippen molar-refractivity contribution in [1.82, 2.24) is 4.98 Å². The predicted molar refractivity (Wildman–Crippen MR) is 56.5 cm³/mol. The van der Waals surface area contributed by atoms with Crippen LogP contribution in [0.25, 0.3) is 0 Å². The first-order chi connectivity index (χ1) is 7.70. The van der Waals surface area contributed by atoms with E-state index < -0.39 is 11.9 Å². The molecule has 5 nitrogen and oxygen atoms in total. The van der Waals surface area contributed by atoms with Crippen molar-refractivity contribution in [1.29, 1.82) is 0 Å². The third-order valence-electron chi connectivity index (χ3n) is 1.59. The van der Waals surface area contributed by atoms with Crippen molar-refractivity contribution in [2.45, 2.75) is 0 Å². The minimum atomic E-state index is -0.794. The van der Waals surface area contributed by atoms with E-state index >= 15 is 0 Å². The number of carbonyl (C=O) groups is 2. The second kappa shape index (κ2) is 6.30. The van der Waals surface area contributed by atoms with E-state index in [0.29, 0.717) is 0 Å². The van der Waals surface area contributed by atoms with Gasteiger partial charge in [0, 0.05) is 6.20 Å². The van der Waals surface area contributed by atoms with Gasteiger partial charge in [-0.05, 0) is 12.1 Å². The second-order valence-electron chi connectivity index (χ2n) is 2.48. The summed E-state index contributed by atoms with van der Waals surface area (Å²) >= 11 is 10.5. The maximum absolute atomic E-state index is 11.4. The highest BCUT2D eigenvalue weighted by molar-refractivity contribution is 6.18. The van der Waals surface area contributed by atoms with E-state index in [9.17, 15) is 9.59 Å². The molecule has 0 aliphatic rings. The molecule has 1 aromatic rings. The minimum Gasteiger partial charge on any atom is -0.446 e. The number of hydrogen-bond donors (Lipinski definition) is 0. The monoisotopic (exact) mass is 263 g/mol. The zero-order valence-corrected chi connectivity index (χ0v) is 9.49. The topological polar surface area (TPSA) is 65.5 Å². The standard InChI is InChI=1S/C9H7Cl2NO4/c10-4-15-8(13)6-2-1-3-12-7(6)9(14)16-5-11/h1-3H,4-5H2. The van der Waals surface area contributed by atoms with Crippen LogP contribution in [-0.2, 0) is 9.47 Å². The summed E-state index contributed by atoms with van der Waals surface area (Å²) in [5, 5.41) is 0. The Hall–Kier alpha value is -1.33. The molecule has 0 aliphatic carbocycles. The Labute approximate surface area is 101 Å². The Bertz CT molecular complexity index is 360. The summed E-state index contributed by atoms with van der Waals surface area (Å²) < 4.78 is 9.06. The first-order valence-corrected chi connectivity index (χ1v) is 5.18. The van der Waals surface area contributed by atoms with Gasteiger partial charge in [0.1, 0.15) is 0 Å². The molecule has 16 heavy (non-hydrogen) atoms. The van der Waals surface area contributed by atoms with Crippen molar-refractivity contribution >= 4 is 35.1 Å².